The zero-order chi connectivity index (χ0) is 19.9. The topological polar surface area (TPSA) is 72.7 Å². The number of rotatable bonds is 4. The number of halogens is 4. The molecule has 0 bridgehead atoms. The predicted octanol–water partition coefficient (Wildman–Crippen LogP) is 4.12. The van der Waals surface area contributed by atoms with Gasteiger partial charge in [0.2, 0.25) is 11.6 Å². The van der Waals surface area contributed by atoms with Gasteiger partial charge in [-0.25, -0.2) is 8.78 Å². The molecule has 0 aromatic heterocycles. The van der Waals surface area contributed by atoms with E-state index >= 15 is 0 Å². The molecule has 1 aliphatic heterocycles. The Bertz CT molecular complexity index is 935. The normalized spacial score (nSPS) is 16.3. The maximum Gasteiger partial charge on any atom is 0.344 e. The second kappa shape index (κ2) is 6.86. The number of carbonyl (C=O) groups is 1. The van der Waals surface area contributed by atoms with Gasteiger partial charge >= 0.3 is 5.69 Å². The summed E-state index contributed by atoms with van der Waals surface area (Å²) in [4.78, 5) is 23.0. The Labute approximate surface area is 150 Å². The molecule has 1 aliphatic rings. The first kappa shape index (κ1) is 18.6. The molecule has 3 rings (SSSR count). The highest BCUT2D eigenvalue weighted by Crippen LogP contribution is 2.42. The molecule has 1 atom stereocenters. The molecule has 0 spiro atoms. The number of nitro groups is 1. The molecule has 142 valence electrons. The number of benzene rings is 2. The lowest BCUT2D eigenvalue weighted by atomic mass is 10.1. The first-order valence-corrected chi connectivity index (χ1v) is 7.72. The zero-order valence-corrected chi connectivity index (χ0v) is 13.8. The molecule has 2 aromatic rings. The van der Waals surface area contributed by atoms with Gasteiger partial charge in [-0.15, -0.1) is 0 Å². The van der Waals surface area contributed by atoms with Crippen molar-refractivity contribution in [2.45, 2.75) is 26.0 Å². The average Bonchev–Trinajstić information content (AvgIpc) is 2.60. The summed E-state index contributed by atoms with van der Waals surface area (Å²) in [6.07, 6.45) is -3.93. The molecule has 0 saturated heterocycles. The Morgan fingerprint density at radius 3 is 2.63 bits per heavy atom. The minimum absolute atomic E-state index is 0.267. The van der Waals surface area contributed by atoms with Gasteiger partial charge in [0.1, 0.15) is 0 Å². The van der Waals surface area contributed by atoms with E-state index in [0.29, 0.717) is 11.6 Å². The summed E-state index contributed by atoms with van der Waals surface area (Å²) in [5.41, 5.74) is -1.72. The molecule has 0 aliphatic carbocycles. The third-order valence-corrected chi connectivity index (χ3v) is 4.06. The number of nitro benzene ring substituents is 1. The Morgan fingerprint density at radius 2 is 2.00 bits per heavy atom. The van der Waals surface area contributed by atoms with E-state index in [2.05, 4.69) is 0 Å². The summed E-state index contributed by atoms with van der Waals surface area (Å²) in [6.45, 7) is 1.03. The van der Waals surface area contributed by atoms with Crippen LogP contribution in [0.2, 0.25) is 0 Å². The molecular formula is C17H12F4N2O4. The van der Waals surface area contributed by atoms with Crippen LogP contribution in [-0.4, -0.2) is 16.9 Å². The van der Waals surface area contributed by atoms with Crippen LogP contribution in [0.1, 0.15) is 24.5 Å². The van der Waals surface area contributed by atoms with Gasteiger partial charge in [-0.1, -0.05) is 18.2 Å². The van der Waals surface area contributed by atoms with E-state index in [9.17, 15) is 32.5 Å². The molecule has 1 heterocycles. The Kier molecular flexibility index (Phi) is 4.73. The van der Waals surface area contributed by atoms with Crippen LogP contribution in [0.3, 0.4) is 0 Å². The number of nitrogens with zero attached hydrogens (tertiary/aromatic N) is 2. The SMILES string of the molecule is C[C@H]1Oc2c(cc(F)c([N+](=O)[O-])c2F)N(Cc2cccc(C(F)F)c2)C1=O. The van der Waals surface area contributed by atoms with Crippen LogP contribution in [0.25, 0.3) is 0 Å². The van der Waals surface area contributed by atoms with E-state index in [-0.39, 0.29) is 17.8 Å². The maximum absolute atomic E-state index is 14.4. The van der Waals surface area contributed by atoms with Gasteiger partial charge in [-0.3, -0.25) is 14.9 Å². The van der Waals surface area contributed by atoms with Gasteiger partial charge in [-0.2, -0.15) is 8.78 Å². The monoisotopic (exact) mass is 384 g/mol. The molecule has 10 heteroatoms. The second-order valence-corrected chi connectivity index (χ2v) is 5.86. The van der Waals surface area contributed by atoms with E-state index in [4.69, 9.17) is 4.74 Å². The van der Waals surface area contributed by atoms with Crippen molar-refractivity contribution in [1.29, 1.82) is 0 Å². The van der Waals surface area contributed by atoms with Crippen molar-refractivity contribution in [2.75, 3.05) is 4.90 Å². The van der Waals surface area contributed by atoms with Gasteiger partial charge < -0.3 is 9.64 Å². The van der Waals surface area contributed by atoms with Gasteiger partial charge in [0.05, 0.1) is 17.2 Å². The van der Waals surface area contributed by atoms with Crippen LogP contribution >= 0.6 is 0 Å². The number of amides is 1. The third-order valence-electron chi connectivity index (χ3n) is 4.06. The Balaban J connectivity index is 2.08. The summed E-state index contributed by atoms with van der Waals surface area (Å²) in [6, 6.07) is 5.82. The van der Waals surface area contributed by atoms with Crippen molar-refractivity contribution >= 4 is 17.3 Å². The Hall–Kier alpha value is -3.17. The molecule has 0 unspecified atom stereocenters. The van der Waals surface area contributed by atoms with Crippen LogP contribution in [0.15, 0.2) is 30.3 Å². The standard InChI is InChI=1S/C17H12F4N2O4/c1-8-17(24)22(7-9-3-2-4-10(5-9)16(20)21)12-6-11(18)14(23(25)26)13(19)15(12)27-8/h2-6,8,16H,7H2,1H3/t8-/m1/s1. The van der Waals surface area contributed by atoms with Gasteiger partial charge in [-0.05, 0) is 18.6 Å². The molecule has 6 nitrogen and oxygen atoms in total. The van der Waals surface area contributed by atoms with Crippen LogP contribution in [0, 0.1) is 21.7 Å². The largest absolute Gasteiger partial charge is 0.475 e. The Morgan fingerprint density at radius 1 is 1.30 bits per heavy atom. The molecule has 0 fully saturated rings. The third kappa shape index (κ3) is 3.29. The maximum atomic E-state index is 14.4. The van der Waals surface area contributed by atoms with Crippen molar-refractivity contribution in [3.8, 4) is 5.75 Å². The minimum atomic E-state index is -2.73. The smallest absolute Gasteiger partial charge is 0.344 e. The molecule has 27 heavy (non-hydrogen) atoms. The average molecular weight is 384 g/mol. The van der Waals surface area contributed by atoms with Crippen molar-refractivity contribution in [3.63, 3.8) is 0 Å². The summed E-state index contributed by atoms with van der Waals surface area (Å²) >= 11 is 0. The van der Waals surface area contributed by atoms with Crippen molar-refractivity contribution in [2.24, 2.45) is 0 Å². The quantitative estimate of drug-likeness (QED) is 0.452. The molecule has 1 amide bonds. The number of alkyl halides is 2. The van der Waals surface area contributed by atoms with Crippen LogP contribution in [0.4, 0.5) is 28.9 Å². The second-order valence-electron chi connectivity index (χ2n) is 5.86. The first-order chi connectivity index (χ1) is 12.7. The van der Waals surface area contributed by atoms with E-state index in [1.165, 1.54) is 25.1 Å². The molecule has 2 aromatic carbocycles. The van der Waals surface area contributed by atoms with Gasteiger partial charge in [0.15, 0.2) is 11.9 Å². The van der Waals surface area contributed by atoms with Gasteiger partial charge in [0.25, 0.3) is 12.3 Å². The van der Waals surface area contributed by atoms with E-state index in [0.717, 1.165) is 11.0 Å². The number of carbonyl (C=O) groups excluding carboxylic acids is 1. The number of anilines is 1. The fraction of sp³-hybridized carbons (Fsp3) is 0.235. The fourth-order valence-electron chi connectivity index (χ4n) is 2.80. The lowest BCUT2D eigenvalue weighted by Gasteiger charge is -2.33. The lowest BCUT2D eigenvalue weighted by molar-refractivity contribution is -0.390. The highest BCUT2D eigenvalue weighted by molar-refractivity contribution is 6.00. The predicted molar refractivity (Wildman–Crippen MR) is 85.7 cm³/mol. The van der Waals surface area contributed by atoms with E-state index < -0.39 is 46.4 Å². The molecular weight excluding hydrogens is 372 g/mol. The van der Waals surface area contributed by atoms with Crippen LogP contribution in [0.5, 0.6) is 5.75 Å². The van der Waals surface area contributed by atoms with Crippen molar-refractivity contribution < 1.29 is 32.0 Å². The van der Waals surface area contributed by atoms with Crippen LogP contribution in [-0.2, 0) is 11.3 Å². The summed E-state index contributed by atoms with van der Waals surface area (Å²) in [5.74, 6) is -4.33. The number of hydrogen-bond donors (Lipinski definition) is 0. The van der Waals surface area contributed by atoms with Crippen molar-refractivity contribution in [1.82, 2.24) is 0 Å². The molecule has 0 saturated carbocycles. The summed E-state index contributed by atoms with van der Waals surface area (Å²) in [7, 11) is 0. The minimum Gasteiger partial charge on any atom is -0.475 e. The van der Waals surface area contributed by atoms with E-state index in [1.807, 2.05) is 0 Å². The molecule has 0 N–H and O–H groups in total. The number of hydrogen-bond acceptors (Lipinski definition) is 4. The fourth-order valence-corrected chi connectivity index (χ4v) is 2.80. The number of fused-ring (bicyclic) bond motifs is 1. The van der Waals surface area contributed by atoms with Crippen molar-refractivity contribution in [3.05, 3.63) is 63.2 Å². The molecule has 0 radical (unpaired) electrons. The highest BCUT2D eigenvalue weighted by Gasteiger charge is 2.38. The number of ether oxygens (including phenoxy) is 1. The lowest BCUT2D eigenvalue weighted by Crippen LogP contribution is -2.44. The van der Waals surface area contributed by atoms with Gasteiger partial charge in [0, 0.05) is 11.6 Å². The van der Waals surface area contributed by atoms with Crippen LogP contribution < -0.4 is 9.64 Å². The first-order valence-electron chi connectivity index (χ1n) is 7.72. The summed E-state index contributed by atoms with van der Waals surface area (Å²) in [5, 5.41) is 10.9. The summed E-state index contributed by atoms with van der Waals surface area (Å²) < 4.78 is 59.3. The van der Waals surface area contributed by atoms with E-state index in [1.54, 1.807) is 0 Å². The zero-order valence-electron chi connectivity index (χ0n) is 13.8. The highest BCUT2D eigenvalue weighted by atomic mass is 19.3.